The van der Waals surface area contributed by atoms with Gasteiger partial charge in [0.1, 0.15) is 17.7 Å². The lowest BCUT2D eigenvalue weighted by Crippen LogP contribution is -2.47. The van der Waals surface area contributed by atoms with Crippen molar-refractivity contribution in [3.05, 3.63) is 60.7 Å². The van der Waals surface area contributed by atoms with Crippen LogP contribution in [0.1, 0.15) is 26.2 Å². The fraction of sp³-hybridized carbons (Fsp3) is 0.292. The first-order valence-corrected chi connectivity index (χ1v) is 12.6. The highest BCUT2D eigenvalue weighted by atomic mass is 32.2. The molecule has 1 aliphatic heterocycles. The van der Waals surface area contributed by atoms with Crippen LogP contribution < -0.4 is 10.5 Å². The molecule has 1 saturated heterocycles. The second-order valence-corrected chi connectivity index (χ2v) is 9.79. The van der Waals surface area contributed by atoms with Crippen LogP contribution in [0.2, 0.25) is 0 Å². The molecule has 0 bridgehead atoms. The molecule has 0 aliphatic carbocycles. The average Bonchev–Trinajstić information content (AvgIpc) is 3.00. The molecule has 0 saturated carbocycles. The Labute approximate surface area is 211 Å². The van der Waals surface area contributed by atoms with E-state index in [9.17, 15) is 17.6 Å². The maximum Gasteiger partial charge on any atom is 0.241 e. The highest BCUT2D eigenvalue weighted by Gasteiger charge is 2.31. The van der Waals surface area contributed by atoms with Gasteiger partial charge >= 0.3 is 0 Å². The lowest BCUT2D eigenvalue weighted by atomic mass is 10.0. The Morgan fingerprint density at radius 2 is 1.89 bits per heavy atom. The van der Waals surface area contributed by atoms with E-state index in [1.807, 2.05) is 6.92 Å². The lowest BCUT2D eigenvalue weighted by molar-refractivity contribution is -0.132. The van der Waals surface area contributed by atoms with Crippen LogP contribution in [-0.4, -0.2) is 48.3 Å². The minimum absolute atomic E-state index is 0. The van der Waals surface area contributed by atoms with E-state index in [4.69, 9.17) is 5.73 Å². The van der Waals surface area contributed by atoms with Crippen molar-refractivity contribution >= 4 is 35.2 Å². The number of hydrogen-bond donors (Lipinski definition) is 2. The highest BCUT2D eigenvalue weighted by molar-refractivity contribution is 7.89. The van der Waals surface area contributed by atoms with Crippen molar-refractivity contribution in [3.8, 4) is 22.4 Å². The predicted molar refractivity (Wildman–Crippen MR) is 138 cm³/mol. The van der Waals surface area contributed by atoms with Crippen LogP contribution in [0.3, 0.4) is 0 Å². The summed E-state index contributed by atoms with van der Waals surface area (Å²) < 4.78 is 44.3. The van der Waals surface area contributed by atoms with Gasteiger partial charge < -0.3 is 10.6 Å². The molecular formula is C24H28FN5O3S2. The maximum atomic E-state index is 15.0. The third-order valence-electron chi connectivity index (χ3n) is 5.86. The Morgan fingerprint density at radius 3 is 2.57 bits per heavy atom. The molecule has 4 rings (SSSR count). The number of nitrogens with one attached hydrogen (secondary N) is 1. The van der Waals surface area contributed by atoms with E-state index in [-0.39, 0.29) is 35.7 Å². The maximum absolute atomic E-state index is 15.0. The molecule has 8 nitrogen and oxygen atoms in total. The first kappa shape index (κ1) is 26.6. The van der Waals surface area contributed by atoms with Crippen LogP contribution in [0.5, 0.6) is 0 Å². The summed E-state index contributed by atoms with van der Waals surface area (Å²) >= 11 is 0. The van der Waals surface area contributed by atoms with Crippen molar-refractivity contribution in [2.45, 2.75) is 37.1 Å². The quantitative estimate of drug-likeness (QED) is 0.518. The number of likely N-dealkylation sites (tertiary alicyclic amines) is 1. The van der Waals surface area contributed by atoms with Crippen molar-refractivity contribution < 1.29 is 17.6 Å². The molecule has 0 radical (unpaired) electrons. The summed E-state index contributed by atoms with van der Waals surface area (Å²) in [5, 5.41) is 0. The monoisotopic (exact) mass is 517 g/mol. The first-order valence-electron chi connectivity index (χ1n) is 11.1. The van der Waals surface area contributed by atoms with E-state index in [1.165, 1.54) is 30.6 Å². The van der Waals surface area contributed by atoms with Crippen molar-refractivity contribution in [1.82, 2.24) is 19.6 Å². The van der Waals surface area contributed by atoms with Gasteiger partial charge in [0.05, 0.1) is 23.0 Å². The average molecular weight is 518 g/mol. The minimum Gasteiger partial charge on any atom is -0.382 e. The van der Waals surface area contributed by atoms with E-state index in [0.29, 0.717) is 36.3 Å². The van der Waals surface area contributed by atoms with Crippen molar-refractivity contribution in [2.24, 2.45) is 0 Å². The van der Waals surface area contributed by atoms with Gasteiger partial charge in [-0.1, -0.05) is 24.3 Å². The van der Waals surface area contributed by atoms with E-state index in [0.717, 1.165) is 12.8 Å². The summed E-state index contributed by atoms with van der Waals surface area (Å²) in [6.07, 6.45) is 4.72. The number of sulfonamides is 1. The molecule has 1 aromatic heterocycles. The Morgan fingerprint density at radius 1 is 1.11 bits per heavy atom. The number of hydrogen-bond acceptors (Lipinski definition) is 6. The third-order valence-corrected chi connectivity index (χ3v) is 7.39. The summed E-state index contributed by atoms with van der Waals surface area (Å²) in [5.74, 6) is -0.572. The SMILES string of the molecule is CCN1CCCC[C@@H](NS(=O)(=O)c2ccccc2-c2ccc(-c3cnc(N)cn3)c(F)c2)C1=O.S. The second kappa shape index (κ2) is 11.1. The number of rotatable bonds is 6. The predicted octanol–water partition coefficient (Wildman–Crippen LogP) is 3.32. The summed E-state index contributed by atoms with van der Waals surface area (Å²) in [5.41, 5.74) is 6.79. The molecule has 1 amide bonds. The van der Waals surface area contributed by atoms with Crippen LogP contribution in [0, 0.1) is 5.82 Å². The number of carbonyl (C=O) groups is 1. The number of anilines is 1. The molecule has 1 atom stereocenters. The number of halogens is 1. The fourth-order valence-corrected chi connectivity index (χ4v) is 5.54. The molecule has 0 spiro atoms. The topological polar surface area (TPSA) is 118 Å². The molecule has 2 aromatic carbocycles. The van der Waals surface area contributed by atoms with Gasteiger partial charge in [-0.15, -0.1) is 0 Å². The molecule has 0 unspecified atom stereocenters. The van der Waals surface area contributed by atoms with Gasteiger partial charge in [-0.05, 0) is 49.9 Å². The smallest absolute Gasteiger partial charge is 0.241 e. The van der Waals surface area contributed by atoms with Gasteiger partial charge in [0, 0.05) is 24.2 Å². The van der Waals surface area contributed by atoms with Crippen molar-refractivity contribution in [3.63, 3.8) is 0 Å². The number of aromatic nitrogens is 2. The molecule has 35 heavy (non-hydrogen) atoms. The van der Waals surface area contributed by atoms with Gasteiger partial charge in [0.15, 0.2) is 0 Å². The van der Waals surface area contributed by atoms with E-state index < -0.39 is 21.9 Å². The number of carbonyl (C=O) groups excluding carboxylic acids is 1. The number of nitrogens with two attached hydrogens (primary N) is 1. The number of nitrogen functional groups attached to an aromatic ring is 1. The Kier molecular flexibility index (Phi) is 8.47. The molecule has 11 heteroatoms. The van der Waals surface area contributed by atoms with Crippen molar-refractivity contribution in [2.75, 3.05) is 18.8 Å². The van der Waals surface area contributed by atoms with Gasteiger partial charge in [0.25, 0.3) is 0 Å². The normalized spacial score (nSPS) is 16.5. The Balaban J connectivity index is 0.00000342. The largest absolute Gasteiger partial charge is 0.382 e. The minimum atomic E-state index is -4.06. The number of nitrogens with zero attached hydrogens (tertiary/aromatic N) is 3. The molecular weight excluding hydrogens is 489 g/mol. The Bertz CT molecular complexity index is 1300. The number of amides is 1. The zero-order valence-corrected chi connectivity index (χ0v) is 21.1. The summed E-state index contributed by atoms with van der Waals surface area (Å²) in [4.78, 5) is 22.5. The van der Waals surface area contributed by atoms with Crippen LogP contribution in [0.15, 0.2) is 59.8 Å². The van der Waals surface area contributed by atoms with Gasteiger partial charge in [-0.3, -0.25) is 9.78 Å². The highest BCUT2D eigenvalue weighted by Crippen LogP contribution is 2.31. The van der Waals surface area contributed by atoms with Crippen molar-refractivity contribution in [1.29, 1.82) is 0 Å². The molecule has 1 fully saturated rings. The molecule has 3 aromatic rings. The standard InChI is InChI=1S/C24H26FN5O3S.H2S/c1-2-30-12-6-5-8-20(24(30)31)29-34(32,33)22-9-4-3-7-17(22)16-10-11-18(19(25)13-16)21-14-28-23(26)15-27-21;/h3-4,7,9-11,13-15,20,29H,2,5-6,8,12H2,1H3,(H2,26,28);1H2/t20-;/m1./s1. The summed E-state index contributed by atoms with van der Waals surface area (Å²) in [6, 6.07) is 9.92. The van der Waals surface area contributed by atoms with Gasteiger partial charge in [-0.25, -0.2) is 17.8 Å². The second-order valence-electron chi connectivity index (χ2n) is 8.10. The lowest BCUT2D eigenvalue weighted by Gasteiger charge is -2.23. The van der Waals surface area contributed by atoms with Crippen LogP contribution in [0.4, 0.5) is 10.2 Å². The number of benzene rings is 2. The summed E-state index contributed by atoms with van der Waals surface area (Å²) in [6.45, 7) is 3.02. The number of likely N-dealkylation sites (N-methyl/N-ethyl adjacent to an activating group) is 1. The molecule has 3 N–H and O–H groups in total. The van der Waals surface area contributed by atoms with Crippen LogP contribution in [0.25, 0.3) is 22.4 Å². The molecule has 1 aliphatic rings. The fourth-order valence-electron chi connectivity index (χ4n) is 4.09. The third kappa shape index (κ3) is 5.80. The van der Waals surface area contributed by atoms with Crippen LogP contribution >= 0.6 is 13.5 Å². The van der Waals surface area contributed by atoms with E-state index in [1.54, 1.807) is 29.2 Å². The summed E-state index contributed by atoms with van der Waals surface area (Å²) in [7, 11) is -4.06. The zero-order valence-electron chi connectivity index (χ0n) is 19.2. The van der Waals surface area contributed by atoms with Crippen LogP contribution in [-0.2, 0) is 14.8 Å². The Hall–Kier alpha value is -3.02. The van der Waals surface area contributed by atoms with Gasteiger partial charge in [-0.2, -0.15) is 18.2 Å². The van der Waals surface area contributed by atoms with E-state index >= 15 is 0 Å². The molecule has 2 heterocycles. The first-order chi connectivity index (χ1) is 16.3. The molecule has 186 valence electrons. The van der Waals surface area contributed by atoms with Gasteiger partial charge in [0.2, 0.25) is 15.9 Å². The van der Waals surface area contributed by atoms with E-state index in [2.05, 4.69) is 14.7 Å². The zero-order chi connectivity index (χ0) is 24.3.